The second-order valence-corrected chi connectivity index (χ2v) is 12.2. The standard InChI is InChI=1S/C34H49NO5/c1-5-6-7-8-9-10-11-12-13-14-15-16-17-18-19-35(2,3)24-25-20-27-31(29(36)21-25)34(39)32-28(33(27)38)22-26(40-4)23-30(32)37/h20-23H,5-19,24H2,1-4H3,(H-,36,37,39)/p+1. The lowest BCUT2D eigenvalue weighted by molar-refractivity contribution is -0.903. The molecule has 3 rings (SSSR count). The van der Waals surface area contributed by atoms with Crippen LogP contribution < -0.4 is 4.74 Å². The maximum absolute atomic E-state index is 13.3. The topological polar surface area (TPSA) is 83.8 Å². The van der Waals surface area contributed by atoms with Gasteiger partial charge in [-0.1, -0.05) is 84.0 Å². The van der Waals surface area contributed by atoms with Gasteiger partial charge in [0.15, 0.2) is 5.78 Å². The molecular formula is C34H50NO5+. The number of fused-ring (bicyclic) bond motifs is 2. The van der Waals surface area contributed by atoms with Gasteiger partial charge in [0.1, 0.15) is 23.8 Å². The molecule has 220 valence electrons. The molecule has 40 heavy (non-hydrogen) atoms. The molecule has 0 radical (unpaired) electrons. The number of phenols is 2. The third-order valence-corrected chi connectivity index (χ3v) is 8.18. The van der Waals surface area contributed by atoms with Gasteiger partial charge in [-0.05, 0) is 31.0 Å². The minimum absolute atomic E-state index is 0.0426. The largest absolute Gasteiger partial charge is 0.507 e. The molecule has 0 fully saturated rings. The van der Waals surface area contributed by atoms with Crippen LogP contribution in [0.3, 0.4) is 0 Å². The molecule has 0 aliphatic heterocycles. The first kappa shape index (κ1) is 31.7. The Balaban J connectivity index is 1.45. The van der Waals surface area contributed by atoms with Crippen LogP contribution in [0.15, 0.2) is 24.3 Å². The summed E-state index contributed by atoms with van der Waals surface area (Å²) >= 11 is 0. The lowest BCUT2D eigenvalue weighted by Crippen LogP contribution is -2.39. The highest BCUT2D eigenvalue weighted by Crippen LogP contribution is 2.39. The van der Waals surface area contributed by atoms with E-state index in [1.165, 1.54) is 103 Å². The van der Waals surface area contributed by atoms with Crippen molar-refractivity contribution in [1.29, 1.82) is 0 Å². The Hall–Kier alpha value is -2.86. The number of ketones is 2. The SMILES string of the molecule is CCCCCCCCCCCCCCCC[N+](C)(C)Cc1cc(O)c2c(c1)C(=O)c1cc(OC)cc(O)c1C2=O. The van der Waals surface area contributed by atoms with Crippen molar-refractivity contribution in [2.45, 2.75) is 103 Å². The Kier molecular flexibility index (Phi) is 12.1. The zero-order valence-electron chi connectivity index (χ0n) is 25.2. The molecule has 1 aliphatic rings. The summed E-state index contributed by atoms with van der Waals surface area (Å²) in [5.74, 6) is -1.19. The monoisotopic (exact) mass is 552 g/mol. The summed E-state index contributed by atoms with van der Waals surface area (Å²) in [4.78, 5) is 26.5. The van der Waals surface area contributed by atoms with Gasteiger partial charge < -0.3 is 19.4 Å². The number of aromatic hydroxyl groups is 2. The minimum Gasteiger partial charge on any atom is -0.507 e. The van der Waals surface area contributed by atoms with Gasteiger partial charge >= 0.3 is 0 Å². The smallest absolute Gasteiger partial charge is 0.201 e. The molecule has 1 aliphatic carbocycles. The van der Waals surface area contributed by atoms with Crippen molar-refractivity contribution in [3.05, 3.63) is 52.1 Å². The molecule has 0 saturated carbocycles. The number of carbonyl (C=O) groups is 2. The van der Waals surface area contributed by atoms with Crippen molar-refractivity contribution >= 4 is 11.6 Å². The van der Waals surface area contributed by atoms with Gasteiger partial charge in [-0.2, -0.15) is 0 Å². The van der Waals surface area contributed by atoms with E-state index in [0.717, 1.165) is 23.0 Å². The third kappa shape index (κ3) is 8.57. The van der Waals surface area contributed by atoms with Gasteiger partial charge in [0.05, 0.1) is 38.9 Å². The second kappa shape index (κ2) is 15.2. The number of methoxy groups -OCH3 is 1. The number of hydrogen-bond acceptors (Lipinski definition) is 5. The highest BCUT2D eigenvalue weighted by atomic mass is 16.5. The van der Waals surface area contributed by atoms with Crippen LogP contribution in [0.5, 0.6) is 17.2 Å². The average molecular weight is 553 g/mol. The number of rotatable bonds is 18. The van der Waals surface area contributed by atoms with E-state index in [1.807, 2.05) is 0 Å². The predicted octanol–water partition coefficient (Wildman–Crippen LogP) is 7.94. The summed E-state index contributed by atoms with van der Waals surface area (Å²) in [5.41, 5.74) is 0.955. The molecule has 6 heteroatoms. The summed E-state index contributed by atoms with van der Waals surface area (Å²) in [7, 11) is 5.75. The van der Waals surface area contributed by atoms with Crippen LogP contribution in [-0.4, -0.2) is 54.0 Å². The van der Waals surface area contributed by atoms with E-state index in [9.17, 15) is 19.8 Å². The normalized spacial score (nSPS) is 12.9. The maximum atomic E-state index is 13.3. The van der Waals surface area contributed by atoms with Gasteiger partial charge in [-0.3, -0.25) is 9.59 Å². The van der Waals surface area contributed by atoms with Crippen LogP contribution in [0, 0.1) is 0 Å². The number of benzene rings is 2. The maximum Gasteiger partial charge on any atom is 0.201 e. The summed E-state index contributed by atoms with van der Waals surface area (Å²) in [6.45, 7) is 3.90. The Morgan fingerprint density at radius 3 is 1.65 bits per heavy atom. The third-order valence-electron chi connectivity index (χ3n) is 8.18. The van der Waals surface area contributed by atoms with Crippen molar-refractivity contribution < 1.29 is 29.0 Å². The van der Waals surface area contributed by atoms with Crippen molar-refractivity contribution in [2.24, 2.45) is 0 Å². The average Bonchev–Trinajstić information content (AvgIpc) is 2.90. The number of carbonyl (C=O) groups excluding carboxylic acids is 2. The van der Waals surface area contributed by atoms with Crippen molar-refractivity contribution in [2.75, 3.05) is 27.7 Å². The van der Waals surface area contributed by atoms with E-state index < -0.39 is 11.6 Å². The number of ether oxygens (including phenoxy) is 1. The minimum atomic E-state index is -0.551. The highest BCUT2D eigenvalue weighted by molar-refractivity contribution is 6.30. The van der Waals surface area contributed by atoms with Gasteiger partial charge in [0.2, 0.25) is 5.78 Å². The molecule has 0 atom stereocenters. The second-order valence-electron chi connectivity index (χ2n) is 12.2. The lowest BCUT2D eigenvalue weighted by Gasteiger charge is -2.30. The van der Waals surface area contributed by atoms with E-state index in [4.69, 9.17) is 4.74 Å². The van der Waals surface area contributed by atoms with Crippen LogP contribution in [0.2, 0.25) is 0 Å². The zero-order valence-corrected chi connectivity index (χ0v) is 25.2. The predicted molar refractivity (Wildman–Crippen MR) is 161 cm³/mol. The van der Waals surface area contributed by atoms with Crippen LogP contribution in [0.1, 0.15) is 134 Å². The quantitative estimate of drug-likeness (QED) is 0.124. The number of phenolic OH excluding ortho intramolecular Hbond substituents is 2. The van der Waals surface area contributed by atoms with E-state index in [0.29, 0.717) is 12.3 Å². The van der Waals surface area contributed by atoms with Crippen LogP contribution in [0.25, 0.3) is 0 Å². The van der Waals surface area contributed by atoms with Gasteiger partial charge in [-0.25, -0.2) is 0 Å². The molecule has 2 aromatic rings. The first-order valence-electron chi connectivity index (χ1n) is 15.4. The number of unbranched alkanes of at least 4 members (excludes halogenated alkanes) is 13. The highest BCUT2D eigenvalue weighted by Gasteiger charge is 2.35. The molecule has 0 spiro atoms. The summed E-state index contributed by atoms with van der Waals surface area (Å²) in [6, 6.07) is 6.08. The zero-order chi connectivity index (χ0) is 29.1. The van der Waals surface area contributed by atoms with Crippen LogP contribution >= 0.6 is 0 Å². The fraction of sp³-hybridized carbons (Fsp3) is 0.588. The molecule has 2 N–H and O–H groups in total. The van der Waals surface area contributed by atoms with Crippen LogP contribution in [-0.2, 0) is 6.54 Å². The number of hydrogen-bond donors (Lipinski definition) is 2. The van der Waals surface area contributed by atoms with Crippen molar-refractivity contribution in [3.63, 3.8) is 0 Å². The number of quaternary nitrogens is 1. The number of nitrogens with zero attached hydrogens (tertiary/aromatic N) is 1. The fourth-order valence-corrected chi connectivity index (χ4v) is 5.91. The molecular weight excluding hydrogens is 502 g/mol. The summed E-state index contributed by atoms with van der Waals surface area (Å²) < 4.78 is 5.90. The molecule has 0 amide bonds. The van der Waals surface area contributed by atoms with E-state index in [2.05, 4.69) is 21.0 Å². The van der Waals surface area contributed by atoms with E-state index >= 15 is 0 Å². The first-order valence-corrected chi connectivity index (χ1v) is 15.4. The van der Waals surface area contributed by atoms with Crippen LogP contribution in [0.4, 0.5) is 0 Å². The van der Waals surface area contributed by atoms with Gasteiger partial charge in [0.25, 0.3) is 0 Å². The summed E-state index contributed by atoms with van der Waals surface area (Å²) in [6.07, 6.45) is 18.7. The lowest BCUT2D eigenvalue weighted by atomic mass is 9.82. The van der Waals surface area contributed by atoms with Crippen molar-refractivity contribution in [1.82, 2.24) is 0 Å². The fourth-order valence-electron chi connectivity index (χ4n) is 5.91. The molecule has 0 aromatic heterocycles. The molecule has 0 unspecified atom stereocenters. The molecule has 0 bridgehead atoms. The van der Waals surface area contributed by atoms with E-state index in [-0.39, 0.29) is 33.8 Å². The summed E-state index contributed by atoms with van der Waals surface area (Å²) in [5, 5.41) is 21.1. The molecule has 6 nitrogen and oxygen atoms in total. The molecule has 2 aromatic carbocycles. The Morgan fingerprint density at radius 2 is 1.12 bits per heavy atom. The molecule has 0 heterocycles. The molecule has 0 saturated heterocycles. The Labute approximate surface area is 241 Å². The van der Waals surface area contributed by atoms with Crippen molar-refractivity contribution in [3.8, 4) is 17.2 Å². The van der Waals surface area contributed by atoms with Gasteiger partial charge in [0, 0.05) is 22.8 Å². The van der Waals surface area contributed by atoms with Gasteiger partial charge in [-0.15, -0.1) is 0 Å². The Bertz CT molecular complexity index is 1150. The van der Waals surface area contributed by atoms with E-state index in [1.54, 1.807) is 12.1 Å². The first-order chi connectivity index (χ1) is 19.2. The Morgan fingerprint density at radius 1 is 0.650 bits per heavy atom.